The Morgan fingerprint density at radius 3 is 2.94 bits per heavy atom. The van der Waals surface area contributed by atoms with Crippen LogP contribution in [0, 0.1) is 17.1 Å². The van der Waals surface area contributed by atoms with Crippen LogP contribution in [0.3, 0.4) is 0 Å². The number of carbonyl (C=O) groups excluding carboxylic acids is 1. The standard InChI is InChI=1S/C12H11ClFNO2/c1-2-17-12(16)11(13)6-8-3-4-10(14)5-9(8)7-15/h3-5,11H,2,6H2,1H3. The number of rotatable bonds is 4. The summed E-state index contributed by atoms with van der Waals surface area (Å²) in [5.74, 6) is -1.03. The summed E-state index contributed by atoms with van der Waals surface area (Å²) in [6, 6.07) is 5.65. The van der Waals surface area contributed by atoms with Gasteiger partial charge in [-0.05, 0) is 24.6 Å². The molecule has 0 saturated carbocycles. The summed E-state index contributed by atoms with van der Waals surface area (Å²) in [6.45, 7) is 1.93. The molecular weight excluding hydrogens is 245 g/mol. The minimum absolute atomic E-state index is 0.142. The molecule has 1 atom stereocenters. The van der Waals surface area contributed by atoms with Gasteiger partial charge >= 0.3 is 5.97 Å². The zero-order chi connectivity index (χ0) is 12.8. The first kappa shape index (κ1) is 13.5. The minimum Gasteiger partial charge on any atom is -0.465 e. The van der Waals surface area contributed by atoms with E-state index in [2.05, 4.69) is 0 Å². The molecule has 0 N–H and O–H groups in total. The molecule has 0 spiro atoms. The molecule has 0 amide bonds. The van der Waals surface area contributed by atoms with Crippen molar-refractivity contribution in [2.75, 3.05) is 6.61 Å². The SMILES string of the molecule is CCOC(=O)C(Cl)Cc1ccc(F)cc1C#N. The summed E-state index contributed by atoms with van der Waals surface area (Å²) >= 11 is 5.84. The lowest BCUT2D eigenvalue weighted by atomic mass is 10.0. The van der Waals surface area contributed by atoms with Crippen LogP contribution in [0.2, 0.25) is 0 Å². The number of nitriles is 1. The lowest BCUT2D eigenvalue weighted by molar-refractivity contribution is -0.142. The Labute approximate surface area is 104 Å². The molecule has 0 bridgehead atoms. The lowest BCUT2D eigenvalue weighted by Gasteiger charge is -2.09. The third-order valence-electron chi connectivity index (χ3n) is 2.13. The number of nitrogens with zero attached hydrogens (tertiary/aromatic N) is 1. The second-order valence-electron chi connectivity index (χ2n) is 3.34. The summed E-state index contributed by atoms with van der Waals surface area (Å²) < 4.78 is 17.6. The number of esters is 1. The first-order valence-corrected chi connectivity index (χ1v) is 5.51. The van der Waals surface area contributed by atoms with Crippen LogP contribution in [-0.2, 0) is 16.0 Å². The van der Waals surface area contributed by atoms with Crippen molar-refractivity contribution < 1.29 is 13.9 Å². The van der Waals surface area contributed by atoms with Crippen molar-refractivity contribution in [2.45, 2.75) is 18.7 Å². The second kappa shape index (κ2) is 6.21. The Morgan fingerprint density at radius 2 is 2.35 bits per heavy atom. The van der Waals surface area contributed by atoms with E-state index >= 15 is 0 Å². The number of benzene rings is 1. The second-order valence-corrected chi connectivity index (χ2v) is 3.86. The first-order valence-electron chi connectivity index (χ1n) is 5.07. The zero-order valence-electron chi connectivity index (χ0n) is 9.24. The van der Waals surface area contributed by atoms with Crippen molar-refractivity contribution in [3.8, 4) is 6.07 Å². The highest BCUT2D eigenvalue weighted by Gasteiger charge is 2.18. The van der Waals surface area contributed by atoms with Crippen LogP contribution >= 0.6 is 11.6 Å². The maximum Gasteiger partial charge on any atom is 0.324 e. The number of hydrogen-bond acceptors (Lipinski definition) is 3. The normalized spacial score (nSPS) is 11.6. The van der Waals surface area contributed by atoms with Gasteiger partial charge in [-0.1, -0.05) is 6.07 Å². The largest absolute Gasteiger partial charge is 0.465 e. The molecule has 1 aromatic rings. The number of alkyl halides is 1. The van der Waals surface area contributed by atoms with E-state index in [1.807, 2.05) is 6.07 Å². The summed E-state index contributed by atoms with van der Waals surface area (Å²) in [5, 5.41) is 7.95. The number of hydrogen-bond donors (Lipinski definition) is 0. The smallest absolute Gasteiger partial charge is 0.324 e. The molecule has 1 unspecified atom stereocenters. The zero-order valence-corrected chi connectivity index (χ0v) is 10.00. The predicted molar refractivity (Wildman–Crippen MR) is 61.1 cm³/mol. The van der Waals surface area contributed by atoms with Gasteiger partial charge in [0, 0.05) is 6.42 Å². The third-order valence-corrected chi connectivity index (χ3v) is 2.47. The van der Waals surface area contributed by atoms with Crippen LogP contribution in [-0.4, -0.2) is 18.0 Å². The molecule has 17 heavy (non-hydrogen) atoms. The van der Waals surface area contributed by atoms with Crippen molar-refractivity contribution in [3.05, 3.63) is 35.1 Å². The molecule has 3 nitrogen and oxygen atoms in total. The molecular formula is C12H11ClFNO2. The Balaban J connectivity index is 2.82. The molecule has 0 fully saturated rings. The van der Waals surface area contributed by atoms with Gasteiger partial charge in [-0.3, -0.25) is 4.79 Å². The van der Waals surface area contributed by atoms with Gasteiger partial charge in [0.05, 0.1) is 18.2 Å². The first-order chi connectivity index (χ1) is 8.08. The van der Waals surface area contributed by atoms with Gasteiger partial charge in [-0.2, -0.15) is 5.26 Å². The number of halogens is 2. The number of ether oxygens (including phenoxy) is 1. The number of carbonyl (C=O) groups is 1. The van der Waals surface area contributed by atoms with E-state index in [0.717, 1.165) is 6.07 Å². The molecule has 0 aliphatic rings. The van der Waals surface area contributed by atoms with Crippen molar-refractivity contribution in [3.63, 3.8) is 0 Å². The van der Waals surface area contributed by atoms with Gasteiger partial charge in [0.1, 0.15) is 11.2 Å². The summed E-state index contributed by atoms with van der Waals surface area (Å²) in [4.78, 5) is 11.3. The predicted octanol–water partition coefficient (Wildman–Crippen LogP) is 2.41. The van der Waals surface area contributed by atoms with Gasteiger partial charge in [0.25, 0.3) is 0 Å². The van der Waals surface area contributed by atoms with Gasteiger partial charge in [-0.15, -0.1) is 11.6 Å². The topological polar surface area (TPSA) is 50.1 Å². The molecule has 0 aliphatic heterocycles. The van der Waals surface area contributed by atoms with E-state index in [0.29, 0.717) is 5.56 Å². The quantitative estimate of drug-likeness (QED) is 0.613. The lowest BCUT2D eigenvalue weighted by Crippen LogP contribution is -2.20. The summed E-state index contributed by atoms with van der Waals surface area (Å²) in [5.41, 5.74) is 0.710. The molecule has 1 rings (SSSR count). The van der Waals surface area contributed by atoms with Crippen LogP contribution in [0.1, 0.15) is 18.1 Å². The summed E-state index contributed by atoms with van der Waals surface area (Å²) in [6.07, 6.45) is 0.142. The van der Waals surface area contributed by atoms with E-state index in [1.165, 1.54) is 12.1 Å². The van der Waals surface area contributed by atoms with Gasteiger partial charge < -0.3 is 4.74 Å². The van der Waals surface area contributed by atoms with Crippen molar-refractivity contribution in [2.24, 2.45) is 0 Å². The minimum atomic E-state index is -0.868. The van der Waals surface area contributed by atoms with E-state index < -0.39 is 17.2 Å². The van der Waals surface area contributed by atoms with E-state index in [1.54, 1.807) is 6.92 Å². The summed E-state index contributed by atoms with van der Waals surface area (Å²) in [7, 11) is 0. The van der Waals surface area contributed by atoms with Crippen molar-refractivity contribution >= 4 is 17.6 Å². The highest BCUT2D eigenvalue weighted by molar-refractivity contribution is 6.30. The van der Waals surface area contributed by atoms with Crippen LogP contribution in [0.4, 0.5) is 4.39 Å². The average molecular weight is 256 g/mol. The van der Waals surface area contributed by atoms with Crippen LogP contribution in [0.15, 0.2) is 18.2 Å². The van der Waals surface area contributed by atoms with E-state index in [9.17, 15) is 9.18 Å². The fraction of sp³-hybridized carbons (Fsp3) is 0.333. The van der Waals surface area contributed by atoms with Gasteiger partial charge in [-0.25, -0.2) is 4.39 Å². The van der Waals surface area contributed by atoms with Crippen LogP contribution in [0.25, 0.3) is 0 Å². The maximum atomic E-state index is 12.9. The molecule has 0 heterocycles. The highest BCUT2D eigenvalue weighted by atomic mass is 35.5. The molecule has 0 aliphatic carbocycles. The van der Waals surface area contributed by atoms with Crippen molar-refractivity contribution in [1.82, 2.24) is 0 Å². The van der Waals surface area contributed by atoms with Crippen LogP contribution in [0.5, 0.6) is 0 Å². The maximum absolute atomic E-state index is 12.9. The molecule has 90 valence electrons. The Kier molecular flexibility index (Phi) is 4.92. The van der Waals surface area contributed by atoms with E-state index in [-0.39, 0.29) is 18.6 Å². The monoisotopic (exact) mass is 255 g/mol. The highest BCUT2D eigenvalue weighted by Crippen LogP contribution is 2.15. The third kappa shape index (κ3) is 3.72. The van der Waals surface area contributed by atoms with Gasteiger partial charge in [0.15, 0.2) is 0 Å². The van der Waals surface area contributed by atoms with Crippen LogP contribution < -0.4 is 0 Å². The molecule has 5 heteroatoms. The molecule has 1 aromatic carbocycles. The average Bonchev–Trinajstić information content (AvgIpc) is 2.31. The molecule has 0 saturated heterocycles. The Hall–Kier alpha value is -1.60. The van der Waals surface area contributed by atoms with E-state index in [4.69, 9.17) is 21.6 Å². The Bertz CT molecular complexity index is 456. The fourth-order valence-corrected chi connectivity index (χ4v) is 1.57. The molecule has 0 aromatic heterocycles. The fourth-order valence-electron chi connectivity index (χ4n) is 1.34. The Morgan fingerprint density at radius 1 is 1.65 bits per heavy atom. The van der Waals surface area contributed by atoms with Gasteiger partial charge in [0.2, 0.25) is 0 Å². The van der Waals surface area contributed by atoms with Crippen molar-refractivity contribution in [1.29, 1.82) is 5.26 Å². The molecule has 0 radical (unpaired) electrons.